The van der Waals surface area contributed by atoms with Gasteiger partial charge in [-0.1, -0.05) is 30.4 Å². The highest BCUT2D eigenvalue weighted by molar-refractivity contribution is 5.56. The van der Waals surface area contributed by atoms with Gasteiger partial charge in [0.1, 0.15) is 5.75 Å². The van der Waals surface area contributed by atoms with E-state index in [9.17, 15) is 24.3 Å². The first-order chi connectivity index (χ1) is 14.9. The number of allylic oxidation sites excluding steroid dienone is 2. The van der Waals surface area contributed by atoms with Crippen molar-refractivity contribution >= 4 is 0 Å². The zero-order valence-electron chi connectivity index (χ0n) is 17.2. The lowest BCUT2D eigenvalue weighted by atomic mass is 9.85. The number of rotatable bonds is 5. The van der Waals surface area contributed by atoms with E-state index in [4.69, 9.17) is 4.74 Å². The van der Waals surface area contributed by atoms with E-state index in [1.165, 1.54) is 12.2 Å². The molecule has 1 aliphatic rings. The maximum atomic E-state index is 13.2. The lowest BCUT2D eigenvalue weighted by Crippen LogP contribution is -2.41. The molecule has 0 aliphatic carbocycles. The minimum atomic E-state index is -1.17. The second kappa shape index (κ2) is 8.40. The summed E-state index contributed by atoms with van der Waals surface area (Å²) in [6.07, 6.45) is 2.71. The summed E-state index contributed by atoms with van der Waals surface area (Å²) in [7, 11) is 0. The van der Waals surface area contributed by atoms with Crippen LogP contribution in [0.5, 0.6) is 17.5 Å². The number of hydrogen-bond donors (Lipinski definition) is 3. The first-order valence-corrected chi connectivity index (χ1v) is 9.28. The first kappa shape index (κ1) is 22.3. The number of H-pyrrole nitrogens is 2. The molecule has 0 fully saturated rings. The highest BCUT2D eigenvalue weighted by atomic mass is 16.5. The normalized spacial score (nSPS) is 13.8. The van der Waals surface area contributed by atoms with Crippen molar-refractivity contribution in [3.63, 3.8) is 0 Å². The van der Waals surface area contributed by atoms with Crippen LogP contribution in [-0.2, 0) is 13.1 Å². The van der Waals surface area contributed by atoms with E-state index in [0.717, 1.165) is 9.13 Å². The fourth-order valence-electron chi connectivity index (χ4n) is 3.69. The average molecular weight is 439 g/mol. The van der Waals surface area contributed by atoms with Crippen LogP contribution < -0.4 is 38.5 Å². The average Bonchev–Trinajstić information content (AvgIpc) is 2.73. The summed E-state index contributed by atoms with van der Waals surface area (Å²) >= 11 is 0. The number of quaternary nitrogens is 1. The zero-order chi connectivity index (χ0) is 22.3. The van der Waals surface area contributed by atoms with Gasteiger partial charge in [0.25, 0.3) is 11.1 Å². The van der Waals surface area contributed by atoms with Gasteiger partial charge < -0.3 is 20.6 Å². The number of benzene rings is 1. The summed E-state index contributed by atoms with van der Waals surface area (Å²) in [5.41, 5.74) is -3.34. The predicted octanol–water partition coefficient (Wildman–Crippen LogP) is 0.494. The number of aromatic amines is 2. The minimum Gasteiger partial charge on any atom is -0.860 e. The SMILES string of the molecule is C=CCn1c([O-])c(C2c3ccccc3Oc3[nH]c(=O)n(CC=C)c(=O)c32)c(=O)[nH]c1=O.[NH4+]. The molecule has 3 heterocycles. The highest BCUT2D eigenvalue weighted by Gasteiger charge is 2.35. The first-order valence-electron chi connectivity index (χ1n) is 9.28. The molecule has 11 heteroatoms. The summed E-state index contributed by atoms with van der Waals surface area (Å²) in [6, 6.07) is 6.51. The zero-order valence-corrected chi connectivity index (χ0v) is 17.2. The van der Waals surface area contributed by atoms with Gasteiger partial charge in [0.15, 0.2) is 0 Å². The van der Waals surface area contributed by atoms with Gasteiger partial charge in [0, 0.05) is 24.2 Å². The highest BCUT2D eigenvalue weighted by Crippen LogP contribution is 2.44. The van der Waals surface area contributed by atoms with Crippen LogP contribution in [0.3, 0.4) is 0 Å². The Morgan fingerprint density at radius 3 is 2.28 bits per heavy atom. The van der Waals surface area contributed by atoms with Crippen LogP contribution in [0.15, 0.2) is 68.8 Å². The second-order valence-electron chi connectivity index (χ2n) is 6.83. The Labute approximate surface area is 180 Å². The van der Waals surface area contributed by atoms with Crippen LogP contribution in [0, 0.1) is 0 Å². The molecule has 166 valence electrons. The molecule has 4 rings (SSSR count). The van der Waals surface area contributed by atoms with E-state index in [1.54, 1.807) is 24.3 Å². The fourth-order valence-corrected chi connectivity index (χ4v) is 3.69. The molecule has 2 aromatic heterocycles. The third kappa shape index (κ3) is 3.30. The quantitative estimate of drug-likeness (QED) is 0.381. The van der Waals surface area contributed by atoms with E-state index in [1.807, 2.05) is 0 Å². The van der Waals surface area contributed by atoms with E-state index in [0.29, 0.717) is 5.56 Å². The number of ether oxygens (including phenoxy) is 1. The third-order valence-electron chi connectivity index (χ3n) is 5.01. The summed E-state index contributed by atoms with van der Waals surface area (Å²) in [6.45, 7) is 6.83. The van der Waals surface area contributed by atoms with Crippen molar-refractivity contribution < 1.29 is 9.84 Å². The van der Waals surface area contributed by atoms with Crippen molar-refractivity contribution in [1.29, 1.82) is 0 Å². The van der Waals surface area contributed by atoms with Gasteiger partial charge in [0.05, 0.1) is 11.5 Å². The van der Waals surface area contributed by atoms with Crippen LogP contribution in [0.2, 0.25) is 0 Å². The van der Waals surface area contributed by atoms with E-state index >= 15 is 0 Å². The van der Waals surface area contributed by atoms with Gasteiger partial charge in [-0.05, 0) is 11.9 Å². The van der Waals surface area contributed by atoms with Crippen molar-refractivity contribution in [2.75, 3.05) is 0 Å². The van der Waals surface area contributed by atoms with Crippen LogP contribution in [0.4, 0.5) is 0 Å². The molecule has 1 atom stereocenters. The topological polar surface area (TPSA) is 179 Å². The molecule has 0 saturated heterocycles. The van der Waals surface area contributed by atoms with Gasteiger partial charge in [0.2, 0.25) is 5.88 Å². The number of nitrogens with zero attached hydrogens (tertiary/aromatic N) is 2. The molecule has 1 aliphatic heterocycles. The number of nitrogens with one attached hydrogen (secondary N) is 2. The van der Waals surface area contributed by atoms with Crippen molar-refractivity contribution in [2.45, 2.75) is 19.0 Å². The Kier molecular flexibility index (Phi) is 5.85. The molecular formula is C21H21N5O6. The maximum absolute atomic E-state index is 13.2. The monoisotopic (exact) mass is 439 g/mol. The molecule has 32 heavy (non-hydrogen) atoms. The molecule has 0 radical (unpaired) electrons. The molecule has 6 N–H and O–H groups in total. The molecule has 0 amide bonds. The fraction of sp³-hybridized carbons (Fsp3) is 0.143. The minimum absolute atomic E-state index is 0. The molecule has 1 unspecified atom stereocenters. The molecular weight excluding hydrogens is 418 g/mol. The second-order valence-corrected chi connectivity index (χ2v) is 6.83. The molecule has 3 aromatic rings. The van der Waals surface area contributed by atoms with Crippen LogP contribution in [0.25, 0.3) is 0 Å². The maximum Gasteiger partial charge on any atom is 0.331 e. The lowest BCUT2D eigenvalue weighted by molar-refractivity contribution is -0.281. The van der Waals surface area contributed by atoms with Gasteiger partial charge >= 0.3 is 11.4 Å². The lowest BCUT2D eigenvalue weighted by Gasteiger charge is -2.30. The summed E-state index contributed by atoms with van der Waals surface area (Å²) in [5.74, 6) is -1.94. The van der Waals surface area contributed by atoms with E-state index in [2.05, 4.69) is 23.1 Å². The Balaban J connectivity index is 0.00000289. The van der Waals surface area contributed by atoms with Crippen LogP contribution in [0.1, 0.15) is 22.6 Å². The Morgan fingerprint density at radius 2 is 1.59 bits per heavy atom. The third-order valence-corrected chi connectivity index (χ3v) is 5.01. The Hall–Kier alpha value is -4.38. The molecule has 0 saturated carbocycles. The summed E-state index contributed by atoms with van der Waals surface area (Å²) in [5, 5.41) is 13.2. The largest absolute Gasteiger partial charge is 0.860 e. The molecule has 0 spiro atoms. The van der Waals surface area contributed by atoms with Crippen LogP contribution >= 0.6 is 0 Å². The van der Waals surface area contributed by atoms with E-state index < -0.39 is 34.3 Å². The summed E-state index contributed by atoms with van der Waals surface area (Å²) in [4.78, 5) is 55.2. The predicted molar refractivity (Wildman–Crippen MR) is 116 cm³/mol. The number of para-hydroxylation sites is 1. The standard InChI is InChI=1S/C21H18N4O6.H3N/c1-3-9-24-18(27)14(16(26)22-20(24)29)13-11-7-5-6-8-12(11)31-17-15(13)19(28)25(10-4-2)21(30)23-17;/h3-8,13,27H,1-2,9-10H2,(H,23,30)(H,22,26,29);1H3. The Bertz CT molecular complexity index is 1460. The Morgan fingerprint density at radius 1 is 0.969 bits per heavy atom. The van der Waals surface area contributed by atoms with Crippen molar-refractivity contribution in [3.05, 3.63) is 108 Å². The van der Waals surface area contributed by atoms with Crippen molar-refractivity contribution in [1.82, 2.24) is 25.3 Å². The summed E-state index contributed by atoms with van der Waals surface area (Å²) < 4.78 is 7.41. The smallest absolute Gasteiger partial charge is 0.331 e. The van der Waals surface area contributed by atoms with Crippen LogP contribution in [-0.4, -0.2) is 19.1 Å². The van der Waals surface area contributed by atoms with Gasteiger partial charge in [-0.2, -0.15) is 0 Å². The van der Waals surface area contributed by atoms with Gasteiger partial charge in [-0.15, -0.1) is 13.2 Å². The van der Waals surface area contributed by atoms with Gasteiger partial charge in [-0.25, -0.2) is 9.59 Å². The van der Waals surface area contributed by atoms with Crippen molar-refractivity contribution in [2.24, 2.45) is 0 Å². The molecule has 11 nitrogen and oxygen atoms in total. The molecule has 0 bridgehead atoms. The van der Waals surface area contributed by atoms with Crippen molar-refractivity contribution in [3.8, 4) is 17.5 Å². The molecule has 1 aromatic carbocycles. The number of fused-ring (bicyclic) bond motifs is 2. The number of aromatic nitrogens is 4. The van der Waals surface area contributed by atoms with Gasteiger partial charge in [-0.3, -0.25) is 24.1 Å². The number of hydrogen-bond acceptors (Lipinski definition) is 6. The van der Waals surface area contributed by atoms with E-state index in [-0.39, 0.29) is 42.0 Å².